The first-order valence-corrected chi connectivity index (χ1v) is 12.2. The van der Waals surface area contributed by atoms with Gasteiger partial charge in [-0.3, -0.25) is 4.79 Å². The van der Waals surface area contributed by atoms with Crippen molar-refractivity contribution >= 4 is 17.6 Å². The number of amides is 1. The van der Waals surface area contributed by atoms with E-state index in [1.165, 1.54) is 0 Å². The van der Waals surface area contributed by atoms with E-state index in [1.807, 2.05) is 50.2 Å². The Balaban J connectivity index is 1.84. The van der Waals surface area contributed by atoms with Crippen LogP contribution in [0.4, 0.5) is 5.69 Å². The van der Waals surface area contributed by atoms with Crippen LogP contribution in [0.25, 0.3) is 0 Å². The van der Waals surface area contributed by atoms with E-state index < -0.39 is 12.0 Å². The van der Waals surface area contributed by atoms with Crippen molar-refractivity contribution in [3.63, 3.8) is 0 Å². The number of benzene rings is 3. The molecule has 188 valence electrons. The number of anilines is 1. The lowest BCUT2D eigenvalue weighted by Gasteiger charge is -2.38. The number of hydrogen-bond donors (Lipinski definition) is 0. The highest BCUT2D eigenvalue weighted by Gasteiger charge is 2.36. The fourth-order valence-corrected chi connectivity index (χ4v) is 4.47. The Kier molecular flexibility index (Phi) is 7.78. The van der Waals surface area contributed by atoms with Gasteiger partial charge in [0.1, 0.15) is 5.75 Å². The Labute approximate surface area is 211 Å². The second-order valence-corrected chi connectivity index (χ2v) is 8.25. The third-order valence-corrected chi connectivity index (χ3v) is 6.06. The maximum atomic E-state index is 13.6. The van der Waals surface area contributed by atoms with Gasteiger partial charge in [-0.25, -0.2) is 4.79 Å². The molecule has 1 aliphatic rings. The summed E-state index contributed by atoms with van der Waals surface area (Å²) in [6.45, 7) is 6.90. The highest BCUT2D eigenvalue weighted by Crippen LogP contribution is 2.43. The zero-order valence-corrected chi connectivity index (χ0v) is 21.1. The van der Waals surface area contributed by atoms with Gasteiger partial charge in [-0.1, -0.05) is 12.1 Å². The molecule has 7 nitrogen and oxygen atoms in total. The fraction of sp³-hybridized carbons (Fsp3) is 0.310. The summed E-state index contributed by atoms with van der Waals surface area (Å²) < 4.78 is 22.2. The SMILES string of the molecule is CCOC(=O)c1ccc(N2C(=O)Cc3cc(OCC)c(OCC)cc3[C@H]2c2ccc(OC)cc2)cc1. The average molecular weight is 490 g/mol. The molecule has 0 aliphatic carbocycles. The van der Waals surface area contributed by atoms with Gasteiger partial charge in [0.2, 0.25) is 5.91 Å². The van der Waals surface area contributed by atoms with Crippen molar-refractivity contribution in [3.8, 4) is 17.2 Å². The standard InChI is InChI=1S/C29H31NO6/c1-5-34-25-16-21-17-27(31)30(22-12-8-20(9-13-22)29(32)36-7-3)28(24(21)18-26(25)35-6-2)19-10-14-23(33-4)15-11-19/h8-16,18,28H,5-7,17H2,1-4H3/t28-/m1/s1. The Hall–Kier alpha value is -4.00. The lowest BCUT2D eigenvalue weighted by molar-refractivity contribution is -0.118. The van der Waals surface area contributed by atoms with Crippen LogP contribution >= 0.6 is 0 Å². The molecule has 3 aromatic carbocycles. The first-order valence-electron chi connectivity index (χ1n) is 12.2. The zero-order chi connectivity index (χ0) is 25.7. The zero-order valence-electron chi connectivity index (χ0n) is 21.1. The van der Waals surface area contributed by atoms with Gasteiger partial charge in [0.25, 0.3) is 0 Å². The molecule has 0 aromatic heterocycles. The van der Waals surface area contributed by atoms with E-state index in [9.17, 15) is 9.59 Å². The van der Waals surface area contributed by atoms with Crippen molar-refractivity contribution in [1.82, 2.24) is 0 Å². The summed E-state index contributed by atoms with van der Waals surface area (Å²) in [4.78, 5) is 27.5. The molecule has 1 atom stereocenters. The van der Waals surface area contributed by atoms with Gasteiger partial charge in [-0.15, -0.1) is 0 Å². The Morgan fingerprint density at radius 1 is 0.889 bits per heavy atom. The molecule has 1 aliphatic heterocycles. The molecule has 1 amide bonds. The van der Waals surface area contributed by atoms with E-state index >= 15 is 0 Å². The summed E-state index contributed by atoms with van der Waals surface area (Å²) in [5, 5.41) is 0. The third-order valence-electron chi connectivity index (χ3n) is 6.06. The normalized spacial score (nSPS) is 14.7. The quantitative estimate of drug-likeness (QED) is 0.378. The Morgan fingerprint density at radius 3 is 2.11 bits per heavy atom. The molecule has 4 rings (SSSR count). The van der Waals surface area contributed by atoms with E-state index in [2.05, 4.69) is 0 Å². The molecule has 0 saturated carbocycles. The minimum absolute atomic E-state index is 0.0567. The number of rotatable bonds is 9. The van der Waals surface area contributed by atoms with Gasteiger partial charge in [-0.05, 0) is 86.0 Å². The highest BCUT2D eigenvalue weighted by atomic mass is 16.5. The van der Waals surface area contributed by atoms with Crippen LogP contribution in [0.2, 0.25) is 0 Å². The van der Waals surface area contributed by atoms with Crippen molar-refractivity contribution in [3.05, 3.63) is 82.9 Å². The minimum Gasteiger partial charge on any atom is -0.497 e. The number of hydrogen-bond acceptors (Lipinski definition) is 6. The molecule has 36 heavy (non-hydrogen) atoms. The van der Waals surface area contributed by atoms with Crippen LogP contribution in [-0.4, -0.2) is 38.8 Å². The number of carbonyl (C=O) groups excluding carboxylic acids is 2. The minimum atomic E-state index is -0.407. The van der Waals surface area contributed by atoms with Crippen LogP contribution < -0.4 is 19.1 Å². The van der Waals surface area contributed by atoms with E-state index in [4.69, 9.17) is 18.9 Å². The van der Waals surface area contributed by atoms with Crippen LogP contribution in [0.3, 0.4) is 0 Å². The summed E-state index contributed by atoms with van der Waals surface area (Å²) in [6, 6.07) is 18.1. The molecule has 7 heteroatoms. The van der Waals surface area contributed by atoms with Crippen LogP contribution in [0, 0.1) is 0 Å². The van der Waals surface area contributed by atoms with Gasteiger partial charge in [-0.2, -0.15) is 0 Å². The molecule has 0 fully saturated rings. The monoisotopic (exact) mass is 489 g/mol. The molecule has 0 bridgehead atoms. The summed E-state index contributed by atoms with van der Waals surface area (Å²) >= 11 is 0. The number of carbonyl (C=O) groups is 2. The third kappa shape index (κ3) is 5.00. The predicted octanol–water partition coefficient (Wildman–Crippen LogP) is 5.35. The Bertz CT molecular complexity index is 1220. The summed E-state index contributed by atoms with van der Waals surface area (Å²) in [6.07, 6.45) is 0.216. The van der Waals surface area contributed by atoms with E-state index in [-0.39, 0.29) is 12.3 Å². The number of ether oxygens (including phenoxy) is 4. The molecular weight excluding hydrogens is 458 g/mol. The number of nitrogens with zero attached hydrogens (tertiary/aromatic N) is 1. The van der Waals surface area contributed by atoms with Crippen molar-refractivity contribution in [2.24, 2.45) is 0 Å². The molecular formula is C29H31NO6. The maximum absolute atomic E-state index is 13.6. The fourth-order valence-electron chi connectivity index (χ4n) is 4.47. The maximum Gasteiger partial charge on any atom is 0.338 e. The van der Waals surface area contributed by atoms with Gasteiger partial charge >= 0.3 is 5.97 Å². The van der Waals surface area contributed by atoms with Crippen molar-refractivity contribution < 1.29 is 28.5 Å². The van der Waals surface area contributed by atoms with Crippen molar-refractivity contribution in [2.75, 3.05) is 31.8 Å². The van der Waals surface area contributed by atoms with E-state index in [1.54, 1.807) is 43.2 Å². The summed E-state index contributed by atoms with van der Waals surface area (Å²) in [5.41, 5.74) is 3.90. The lowest BCUT2D eigenvalue weighted by Crippen LogP contribution is -2.41. The molecule has 0 saturated heterocycles. The molecule has 0 unspecified atom stereocenters. The molecule has 1 heterocycles. The van der Waals surface area contributed by atoms with Gasteiger partial charge < -0.3 is 23.8 Å². The Morgan fingerprint density at radius 2 is 1.53 bits per heavy atom. The first-order chi connectivity index (χ1) is 17.5. The van der Waals surface area contributed by atoms with Gasteiger partial charge in [0.05, 0.1) is 45.0 Å². The van der Waals surface area contributed by atoms with Crippen LogP contribution in [0.15, 0.2) is 60.7 Å². The second kappa shape index (κ2) is 11.2. The molecule has 0 spiro atoms. The van der Waals surface area contributed by atoms with Gasteiger partial charge in [0, 0.05) is 5.69 Å². The smallest absolute Gasteiger partial charge is 0.338 e. The number of esters is 1. The van der Waals surface area contributed by atoms with Gasteiger partial charge in [0.15, 0.2) is 11.5 Å². The van der Waals surface area contributed by atoms with E-state index in [0.29, 0.717) is 42.6 Å². The van der Waals surface area contributed by atoms with E-state index in [0.717, 1.165) is 22.4 Å². The first kappa shape index (κ1) is 25.1. The summed E-state index contributed by atoms with van der Waals surface area (Å²) in [5.74, 6) is 1.55. The van der Waals surface area contributed by atoms with Crippen LogP contribution in [0.1, 0.15) is 53.9 Å². The van der Waals surface area contributed by atoms with Crippen LogP contribution in [0.5, 0.6) is 17.2 Å². The number of fused-ring (bicyclic) bond motifs is 1. The highest BCUT2D eigenvalue weighted by molar-refractivity contribution is 5.99. The predicted molar refractivity (Wildman–Crippen MR) is 137 cm³/mol. The molecule has 0 radical (unpaired) electrons. The van der Waals surface area contributed by atoms with Crippen molar-refractivity contribution in [1.29, 1.82) is 0 Å². The van der Waals surface area contributed by atoms with Crippen LogP contribution in [-0.2, 0) is 16.0 Å². The summed E-state index contributed by atoms with van der Waals surface area (Å²) in [7, 11) is 1.62. The largest absolute Gasteiger partial charge is 0.497 e. The molecule has 0 N–H and O–H groups in total. The molecule has 3 aromatic rings. The van der Waals surface area contributed by atoms with Crippen molar-refractivity contribution in [2.45, 2.75) is 33.2 Å². The average Bonchev–Trinajstić information content (AvgIpc) is 2.89. The number of methoxy groups -OCH3 is 1. The second-order valence-electron chi connectivity index (χ2n) is 8.25. The topological polar surface area (TPSA) is 74.3 Å². The lowest BCUT2D eigenvalue weighted by atomic mass is 9.86.